The van der Waals surface area contributed by atoms with Crippen LogP contribution in [0, 0.1) is 5.92 Å². The molecule has 98 valence electrons. The number of sulfonamides is 1. The zero-order chi connectivity index (χ0) is 11.5. The highest BCUT2D eigenvalue weighted by Gasteiger charge is 2.26. The first-order chi connectivity index (χ1) is 6.92. The largest absolute Gasteiger partial charge is 0.328 e. The van der Waals surface area contributed by atoms with Gasteiger partial charge in [-0.2, -0.15) is 0 Å². The average Bonchev–Trinajstić information content (AvgIpc) is 2.16. The Labute approximate surface area is 105 Å². The summed E-state index contributed by atoms with van der Waals surface area (Å²) in [6.07, 6.45) is 2.33. The Morgan fingerprint density at radius 3 is 2.25 bits per heavy atom. The van der Waals surface area contributed by atoms with E-state index in [1.54, 1.807) is 4.31 Å². The molecule has 0 spiro atoms. The third-order valence-corrected chi connectivity index (χ3v) is 4.75. The summed E-state index contributed by atoms with van der Waals surface area (Å²) in [6, 6.07) is 0.182. The molecule has 1 fully saturated rings. The first-order valence-electron chi connectivity index (χ1n) is 5.65. The van der Waals surface area contributed by atoms with Gasteiger partial charge in [0.25, 0.3) is 0 Å². The lowest BCUT2D eigenvalue weighted by atomic mass is 10.1. The van der Waals surface area contributed by atoms with E-state index in [2.05, 4.69) is 0 Å². The molecule has 0 aromatic carbocycles. The van der Waals surface area contributed by atoms with E-state index < -0.39 is 10.0 Å². The van der Waals surface area contributed by atoms with Crippen LogP contribution in [0.4, 0.5) is 0 Å². The molecule has 1 aliphatic rings. The summed E-state index contributed by atoms with van der Waals surface area (Å²) in [5, 5.41) is 0. The lowest BCUT2D eigenvalue weighted by molar-refractivity contribution is 0.319. The molecule has 1 heterocycles. The molecule has 0 unspecified atom stereocenters. The lowest BCUT2D eigenvalue weighted by Gasteiger charge is -2.29. The standard InChI is InChI=1S/C10H22N2O2S.ClH/c1-9(2)5-8-15(13,14)12-6-3-10(11)4-7-12;/h9-10H,3-8,11H2,1-2H3;1H. The maximum atomic E-state index is 11.9. The number of nitrogens with two attached hydrogens (primary N) is 1. The Hall–Kier alpha value is 0.160. The van der Waals surface area contributed by atoms with Gasteiger partial charge in [0.15, 0.2) is 0 Å². The highest BCUT2D eigenvalue weighted by atomic mass is 35.5. The Morgan fingerprint density at radius 1 is 1.31 bits per heavy atom. The summed E-state index contributed by atoms with van der Waals surface area (Å²) in [5.74, 6) is 0.715. The normalized spacial score (nSPS) is 19.8. The molecular weight excluding hydrogens is 248 g/mol. The Balaban J connectivity index is 0.00000225. The van der Waals surface area contributed by atoms with Crippen LogP contribution in [0.2, 0.25) is 0 Å². The van der Waals surface area contributed by atoms with Crippen molar-refractivity contribution < 1.29 is 8.42 Å². The molecule has 0 aliphatic carbocycles. The van der Waals surface area contributed by atoms with Gasteiger partial charge in [0.05, 0.1) is 5.75 Å². The second-order valence-corrected chi connectivity index (χ2v) is 6.82. The summed E-state index contributed by atoms with van der Waals surface area (Å²) in [6.45, 7) is 5.28. The van der Waals surface area contributed by atoms with Crippen molar-refractivity contribution in [2.75, 3.05) is 18.8 Å². The summed E-state index contributed by atoms with van der Waals surface area (Å²) in [4.78, 5) is 0. The van der Waals surface area contributed by atoms with E-state index in [0.29, 0.717) is 19.0 Å². The van der Waals surface area contributed by atoms with Crippen molar-refractivity contribution in [3.05, 3.63) is 0 Å². The second kappa shape index (κ2) is 6.79. The third-order valence-electron chi connectivity index (χ3n) is 2.85. The number of piperidine rings is 1. The number of hydrogen-bond donors (Lipinski definition) is 1. The smallest absolute Gasteiger partial charge is 0.214 e. The predicted octanol–water partition coefficient (Wildman–Crippen LogP) is 1.21. The monoisotopic (exact) mass is 270 g/mol. The molecule has 0 bridgehead atoms. The van der Waals surface area contributed by atoms with Crippen LogP contribution in [0.15, 0.2) is 0 Å². The molecule has 1 saturated heterocycles. The molecule has 4 nitrogen and oxygen atoms in total. The molecule has 1 aliphatic heterocycles. The zero-order valence-electron chi connectivity index (χ0n) is 10.1. The van der Waals surface area contributed by atoms with Gasteiger partial charge in [-0.05, 0) is 25.2 Å². The van der Waals surface area contributed by atoms with Crippen molar-refractivity contribution in [2.45, 2.75) is 39.2 Å². The van der Waals surface area contributed by atoms with E-state index in [9.17, 15) is 8.42 Å². The van der Waals surface area contributed by atoms with Crippen LogP contribution >= 0.6 is 12.4 Å². The minimum Gasteiger partial charge on any atom is -0.328 e. The number of nitrogens with zero attached hydrogens (tertiary/aromatic N) is 1. The highest BCUT2D eigenvalue weighted by molar-refractivity contribution is 7.89. The van der Waals surface area contributed by atoms with Crippen LogP contribution in [0.1, 0.15) is 33.1 Å². The second-order valence-electron chi connectivity index (χ2n) is 4.74. The van der Waals surface area contributed by atoms with Gasteiger partial charge in [-0.1, -0.05) is 13.8 Å². The lowest BCUT2D eigenvalue weighted by Crippen LogP contribution is -2.43. The topological polar surface area (TPSA) is 63.4 Å². The Bertz CT molecular complexity index is 285. The first-order valence-corrected chi connectivity index (χ1v) is 7.26. The molecule has 2 N–H and O–H groups in total. The van der Waals surface area contributed by atoms with Gasteiger partial charge >= 0.3 is 0 Å². The number of hydrogen-bond acceptors (Lipinski definition) is 3. The fourth-order valence-corrected chi connectivity index (χ4v) is 3.46. The van der Waals surface area contributed by atoms with Gasteiger partial charge < -0.3 is 5.73 Å². The maximum absolute atomic E-state index is 11.9. The minimum absolute atomic E-state index is 0. The van der Waals surface area contributed by atoms with Crippen LogP contribution in [0.3, 0.4) is 0 Å². The average molecular weight is 271 g/mol. The molecule has 6 heteroatoms. The van der Waals surface area contributed by atoms with Crippen molar-refractivity contribution in [2.24, 2.45) is 11.7 Å². The molecule has 16 heavy (non-hydrogen) atoms. The molecule has 0 atom stereocenters. The van der Waals surface area contributed by atoms with Gasteiger partial charge in [0, 0.05) is 19.1 Å². The number of rotatable bonds is 4. The van der Waals surface area contributed by atoms with Crippen molar-refractivity contribution >= 4 is 22.4 Å². The minimum atomic E-state index is -3.02. The van der Waals surface area contributed by atoms with Crippen LogP contribution in [-0.4, -0.2) is 37.6 Å². The van der Waals surface area contributed by atoms with Gasteiger partial charge in [0.1, 0.15) is 0 Å². The Kier molecular flexibility index (Phi) is 6.86. The molecule has 0 radical (unpaired) electrons. The quantitative estimate of drug-likeness (QED) is 0.835. The van der Waals surface area contributed by atoms with Gasteiger partial charge in [0.2, 0.25) is 10.0 Å². The van der Waals surface area contributed by atoms with Gasteiger partial charge in [-0.25, -0.2) is 12.7 Å². The summed E-state index contributed by atoms with van der Waals surface area (Å²) in [5.41, 5.74) is 5.74. The first kappa shape index (κ1) is 16.2. The molecule has 1 rings (SSSR count). The molecule has 0 aromatic heterocycles. The zero-order valence-corrected chi connectivity index (χ0v) is 11.7. The molecule has 0 aromatic rings. The van der Waals surface area contributed by atoms with Crippen molar-refractivity contribution in [1.82, 2.24) is 4.31 Å². The highest BCUT2D eigenvalue weighted by Crippen LogP contribution is 2.15. The summed E-state index contributed by atoms with van der Waals surface area (Å²) < 4.78 is 25.4. The SMILES string of the molecule is CC(C)CCS(=O)(=O)N1CCC(N)CC1.Cl. The van der Waals surface area contributed by atoms with Crippen LogP contribution < -0.4 is 5.73 Å². The van der Waals surface area contributed by atoms with Crippen molar-refractivity contribution in [1.29, 1.82) is 0 Å². The van der Waals surface area contributed by atoms with E-state index in [0.717, 1.165) is 19.3 Å². The predicted molar refractivity (Wildman–Crippen MR) is 69.3 cm³/mol. The van der Waals surface area contributed by atoms with E-state index in [1.165, 1.54) is 0 Å². The van der Waals surface area contributed by atoms with Crippen LogP contribution in [-0.2, 0) is 10.0 Å². The van der Waals surface area contributed by atoms with E-state index in [1.807, 2.05) is 13.8 Å². The van der Waals surface area contributed by atoms with Gasteiger partial charge in [-0.3, -0.25) is 0 Å². The van der Waals surface area contributed by atoms with Crippen LogP contribution in [0.25, 0.3) is 0 Å². The third kappa shape index (κ3) is 4.99. The summed E-state index contributed by atoms with van der Waals surface area (Å²) >= 11 is 0. The van der Waals surface area contributed by atoms with E-state index in [4.69, 9.17) is 5.73 Å². The van der Waals surface area contributed by atoms with E-state index in [-0.39, 0.29) is 24.2 Å². The maximum Gasteiger partial charge on any atom is 0.214 e. The summed E-state index contributed by atoms with van der Waals surface area (Å²) in [7, 11) is -3.02. The molecular formula is C10H23ClN2O2S. The van der Waals surface area contributed by atoms with E-state index >= 15 is 0 Å². The Morgan fingerprint density at radius 2 is 1.81 bits per heavy atom. The van der Waals surface area contributed by atoms with Gasteiger partial charge in [-0.15, -0.1) is 12.4 Å². The van der Waals surface area contributed by atoms with Crippen molar-refractivity contribution in [3.63, 3.8) is 0 Å². The van der Waals surface area contributed by atoms with Crippen LogP contribution in [0.5, 0.6) is 0 Å². The fourth-order valence-electron chi connectivity index (χ4n) is 1.67. The molecule has 0 saturated carbocycles. The molecule has 0 amide bonds. The fraction of sp³-hybridized carbons (Fsp3) is 1.00. The number of halogens is 1. The van der Waals surface area contributed by atoms with Crippen molar-refractivity contribution in [3.8, 4) is 0 Å².